The number of carbonyl (C=O) groups is 2. The Bertz CT molecular complexity index is 894. The second-order valence-electron chi connectivity index (χ2n) is 6.08. The second kappa shape index (κ2) is 8.76. The molecule has 0 aliphatic rings. The van der Waals surface area contributed by atoms with Crippen molar-refractivity contribution in [3.05, 3.63) is 95.8 Å². The highest BCUT2D eigenvalue weighted by Crippen LogP contribution is 2.23. The van der Waals surface area contributed by atoms with Gasteiger partial charge in [0.1, 0.15) is 0 Å². The number of nitrogens with one attached hydrogen (secondary N) is 1. The Morgan fingerprint density at radius 3 is 2.26 bits per heavy atom. The zero-order chi connectivity index (χ0) is 19.1. The number of nitrogens with zero attached hydrogens (tertiary/aromatic N) is 1. The molecule has 1 heterocycles. The van der Waals surface area contributed by atoms with E-state index < -0.39 is 5.97 Å². The van der Waals surface area contributed by atoms with Gasteiger partial charge in [0.05, 0.1) is 18.6 Å². The van der Waals surface area contributed by atoms with Crippen LogP contribution in [0.5, 0.6) is 0 Å². The van der Waals surface area contributed by atoms with Crippen LogP contribution in [-0.4, -0.2) is 24.0 Å². The first-order valence-electron chi connectivity index (χ1n) is 8.60. The maximum atomic E-state index is 13.0. The van der Waals surface area contributed by atoms with Gasteiger partial charge in [0, 0.05) is 18.1 Å². The van der Waals surface area contributed by atoms with E-state index in [-0.39, 0.29) is 11.8 Å². The van der Waals surface area contributed by atoms with Gasteiger partial charge in [0.2, 0.25) is 5.91 Å². The number of esters is 1. The molecule has 1 aromatic heterocycles. The number of anilines is 1. The van der Waals surface area contributed by atoms with Crippen molar-refractivity contribution in [2.24, 2.45) is 0 Å². The van der Waals surface area contributed by atoms with E-state index >= 15 is 0 Å². The number of carbonyl (C=O) groups excluding carboxylic acids is 2. The number of ether oxygens (including phenoxy) is 1. The van der Waals surface area contributed by atoms with Crippen molar-refractivity contribution in [3.63, 3.8) is 0 Å². The molecule has 0 saturated heterocycles. The highest BCUT2D eigenvalue weighted by molar-refractivity contribution is 5.97. The Kier molecular flexibility index (Phi) is 5.94. The van der Waals surface area contributed by atoms with Crippen LogP contribution in [0.2, 0.25) is 0 Å². The number of hydrogen-bond acceptors (Lipinski definition) is 4. The Labute approximate surface area is 158 Å². The lowest BCUT2D eigenvalue weighted by Crippen LogP contribution is -2.23. The zero-order valence-electron chi connectivity index (χ0n) is 15.0. The molecule has 1 N–H and O–H groups in total. The minimum Gasteiger partial charge on any atom is -0.465 e. The molecule has 2 aromatic carbocycles. The third-order valence-corrected chi connectivity index (χ3v) is 4.28. The van der Waals surface area contributed by atoms with Crippen molar-refractivity contribution in [1.82, 2.24) is 4.98 Å². The van der Waals surface area contributed by atoms with Crippen molar-refractivity contribution >= 4 is 17.6 Å². The summed E-state index contributed by atoms with van der Waals surface area (Å²) in [7, 11) is 1.33. The van der Waals surface area contributed by atoms with Gasteiger partial charge in [-0.25, -0.2) is 4.79 Å². The molecule has 1 unspecified atom stereocenters. The van der Waals surface area contributed by atoms with E-state index in [2.05, 4.69) is 15.0 Å². The standard InChI is InChI=1S/C22H20N2O3/c1-27-22(26)18-7-9-19(10-8-18)24-21(25)20(17-5-3-2-4-6-17)15-16-11-13-23-14-12-16/h2-14,20H,15H2,1H3,(H,24,25). The summed E-state index contributed by atoms with van der Waals surface area (Å²) in [5.41, 5.74) is 3.04. The Morgan fingerprint density at radius 2 is 1.63 bits per heavy atom. The molecule has 0 radical (unpaired) electrons. The zero-order valence-corrected chi connectivity index (χ0v) is 15.0. The lowest BCUT2D eigenvalue weighted by atomic mass is 9.91. The Morgan fingerprint density at radius 1 is 0.963 bits per heavy atom. The molecule has 0 spiro atoms. The summed E-state index contributed by atoms with van der Waals surface area (Å²) in [5, 5.41) is 2.94. The Balaban J connectivity index is 1.79. The summed E-state index contributed by atoms with van der Waals surface area (Å²) in [5.74, 6) is -0.856. The fourth-order valence-electron chi connectivity index (χ4n) is 2.84. The molecule has 136 valence electrons. The van der Waals surface area contributed by atoms with Crippen LogP contribution >= 0.6 is 0 Å². The van der Waals surface area contributed by atoms with Gasteiger partial charge < -0.3 is 10.1 Å². The highest BCUT2D eigenvalue weighted by Gasteiger charge is 2.21. The molecule has 5 nitrogen and oxygen atoms in total. The van der Waals surface area contributed by atoms with Crippen LogP contribution in [0.15, 0.2) is 79.1 Å². The fraction of sp³-hybridized carbons (Fsp3) is 0.136. The SMILES string of the molecule is COC(=O)c1ccc(NC(=O)C(Cc2ccncc2)c2ccccc2)cc1. The normalized spacial score (nSPS) is 11.4. The number of pyridine rings is 1. The molecule has 3 aromatic rings. The number of rotatable bonds is 6. The predicted octanol–water partition coefficient (Wildman–Crippen LogP) is 3.83. The third-order valence-electron chi connectivity index (χ3n) is 4.28. The van der Waals surface area contributed by atoms with Crippen LogP contribution in [0, 0.1) is 0 Å². The van der Waals surface area contributed by atoms with E-state index in [1.54, 1.807) is 36.7 Å². The minimum absolute atomic E-state index is 0.108. The van der Waals surface area contributed by atoms with Gasteiger partial charge >= 0.3 is 5.97 Å². The number of benzene rings is 2. The molecule has 0 aliphatic heterocycles. The number of amides is 1. The predicted molar refractivity (Wildman–Crippen MR) is 104 cm³/mol. The van der Waals surface area contributed by atoms with Crippen molar-refractivity contribution in [1.29, 1.82) is 0 Å². The minimum atomic E-state index is -0.410. The molecule has 27 heavy (non-hydrogen) atoms. The summed E-state index contributed by atoms with van der Waals surface area (Å²) in [6.07, 6.45) is 4.01. The van der Waals surface area contributed by atoms with E-state index in [4.69, 9.17) is 0 Å². The van der Waals surface area contributed by atoms with Gasteiger partial charge in [-0.05, 0) is 53.9 Å². The molecule has 0 saturated carbocycles. The van der Waals surface area contributed by atoms with Crippen LogP contribution in [0.4, 0.5) is 5.69 Å². The number of hydrogen-bond donors (Lipinski definition) is 1. The first-order valence-corrected chi connectivity index (χ1v) is 8.60. The van der Waals surface area contributed by atoms with Gasteiger partial charge in [-0.3, -0.25) is 9.78 Å². The van der Waals surface area contributed by atoms with Crippen molar-refractivity contribution in [2.45, 2.75) is 12.3 Å². The topological polar surface area (TPSA) is 68.3 Å². The maximum Gasteiger partial charge on any atom is 0.337 e. The van der Waals surface area contributed by atoms with Crippen LogP contribution in [0.1, 0.15) is 27.4 Å². The average Bonchev–Trinajstić information content (AvgIpc) is 2.73. The first-order chi connectivity index (χ1) is 13.2. The monoisotopic (exact) mass is 360 g/mol. The summed E-state index contributed by atoms with van der Waals surface area (Å²) in [6.45, 7) is 0. The second-order valence-corrected chi connectivity index (χ2v) is 6.08. The van der Waals surface area contributed by atoms with E-state index in [0.717, 1.165) is 11.1 Å². The van der Waals surface area contributed by atoms with Gasteiger partial charge in [-0.2, -0.15) is 0 Å². The molecule has 5 heteroatoms. The smallest absolute Gasteiger partial charge is 0.337 e. The summed E-state index contributed by atoms with van der Waals surface area (Å²) < 4.78 is 4.69. The van der Waals surface area contributed by atoms with E-state index in [9.17, 15) is 9.59 Å². The molecule has 3 rings (SSSR count). The molecular formula is C22H20N2O3. The maximum absolute atomic E-state index is 13.0. The third kappa shape index (κ3) is 4.79. The Hall–Kier alpha value is -3.47. The van der Waals surface area contributed by atoms with Gasteiger partial charge in [-0.1, -0.05) is 30.3 Å². The quantitative estimate of drug-likeness (QED) is 0.678. The summed E-state index contributed by atoms with van der Waals surface area (Å²) in [4.78, 5) is 28.5. The van der Waals surface area contributed by atoms with Crippen molar-refractivity contribution in [3.8, 4) is 0 Å². The molecule has 0 fully saturated rings. The van der Waals surface area contributed by atoms with Gasteiger partial charge in [0.25, 0.3) is 0 Å². The molecule has 1 atom stereocenters. The van der Waals surface area contributed by atoms with E-state index in [0.29, 0.717) is 17.7 Å². The highest BCUT2D eigenvalue weighted by atomic mass is 16.5. The molecular weight excluding hydrogens is 340 g/mol. The number of aromatic nitrogens is 1. The van der Waals surface area contributed by atoms with Crippen molar-refractivity contribution in [2.75, 3.05) is 12.4 Å². The summed E-state index contributed by atoms with van der Waals surface area (Å²) in [6, 6.07) is 20.1. The first kappa shape index (κ1) is 18.3. The van der Waals surface area contributed by atoms with E-state index in [1.165, 1.54) is 7.11 Å². The number of methoxy groups -OCH3 is 1. The van der Waals surface area contributed by atoms with Crippen LogP contribution < -0.4 is 5.32 Å². The molecule has 0 bridgehead atoms. The van der Waals surface area contributed by atoms with Gasteiger partial charge in [-0.15, -0.1) is 0 Å². The summed E-state index contributed by atoms with van der Waals surface area (Å²) >= 11 is 0. The fourth-order valence-corrected chi connectivity index (χ4v) is 2.84. The van der Waals surface area contributed by atoms with Crippen molar-refractivity contribution < 1.29 is 14.3 Å². The average molecular weight is 360 g/mol. The van der Waals surface area contributed by atoms with E-state index in [1.807, 2.05) is 42.5 Å². The van der Waals surface area contributed by atoms with Crippen LogP contribution in [0.3, 0.4) is 0 Å². The molecule has 1 amide bonds. The van der Waals surface area contributed by atoms with Gasteiger partial charge in [0.15, 0.2) is 0 Å². The van der Waals surface area contributed by atoms with Crippen LogP contribution in [0.25, 0.3) is 0 Å². The lowest BCUT2D eigenvalue weighted by molar-refractivity contribution is -0.117. The largest absolute Gasteiger partial charge is 0.465 e. The molecule has 0 aliphatic carbocycles. The van der Waals surface area contributed by atoms with Crippen LogP contribution in [-0.2, 0) is 16.0 Å². The lowest BCUT2D eigenvalue weighted by Gasteiger charge is -2.17.